The van der Waals surface area contributed by atoms with Gasteiger partial charge >= 0.3 is 0 Å². The lowest BCUT2D eigenvalue weighted by atomic mass is 10.2. The van der Waals surface area contributed by atoms with Crippen molar-refractivity contribution in [1.82, 2.24) is 25.1 Å². The summed E-state index contributed by atoms with van der Waals surface area (Å²) in [6.07, 6.45) is 3.63. The lowest BCUT2D eigenvalue weighted by molar-refractivity contribution is 0.866. The SMILES string of the molecule is Cc1cc(-c2n[nH]c(=S)n2N=CC(Br)=Cc2ccccc2)n[nH]1. The van der Waals surface area contributed by atoms with Crippen molar-refractivity contribution in [2.24, 2.45) is 5.10 Å². The maximum absolute atomic E-state index is 5.22. The number of benzene rings is 1. The Morgan fingerprint density at radius 1 is 1.26 bits per heavy atom. The van der Waals surface area contributed by atoms with Crippen molar-refractivity contribution in [2.45, 2.75) is 6.92 Å². The Hall–Kier alpha value is -2.32. The second kappa shape index (κ2) is 6.84. The Morgan fingerprint density at radius 3 is 2.74 bits per heavy atom. The summed E-state index contributed by atoms with van der Waals surface area (Å²) in [6, 6.07) is 11.8. The van der Waals surface area contributed by atoms with E-state index in [2.05, 4.69) is 41.4 Å². The van der Waals surface area contributed by atoms with Crippen LogP contribution in [0.1, 0.15) is 11.3 Å². The van der Waals surface area contributed by atoms with Crippen molar-refractivity contribution >= 4 is 40.4 Å². The van der Waals surface area contributed by atoms with E-state index in [1.54, 1.807) is 6.21 Å². The van der Waals surface area contributed by atoms with Gasteiger partial charge < -0.3 is 0 Å². The summed E-state index contributed by atoms with van der Waals surface area (Å²) < 4.78 is 2.75. The number of aryl methyl sites for hydroxylation is 1. The Morgan fingerprint density at radius 2 is 2.04 bits per heavy atom. The second-order valence-corrected chi connectivity index (χ2v) is 6.09. The van der Waals surface area contributed by atoms with Crippen molar-refractivity contribution in [3.05, 3.63) is 56.9 Å². The fourth-order valence-electron chi connectivity index (χ4n) is 1.96. The molecule has 0 spiro atoms. The summed E-state index contributed by atoms with van der Waals surface area (Å²) in [5, 5.41) is 18.3. The largest absolute Gasteiger partial charge is 0.282 e. The van der Waals surface area contributed by atoms with Crippen LogP contribution < -0.4 is 0 Å². The molecule has 3 aromatic rings. The standard InChI is InChI=1S/C15H13BrN6S/c1-10-7-13(19-18-10)14-20-21-15(23)22(14)17-9-12(16)8-11-5-3-2-4-6-11/h2-9H,1H3,(H,18,19)(H,21,23). The number of allylic oxidation sites excluding steroid dienone is 1. The smallest absolute Gasteiger partial charge is 0.216 e. The van der Waals surface area contributed by atoms with E-state index >= 15 is 0 Å². The first-order valence-electron chi connectivity index (χ1n) is 6.80. The Labute approximate surface area is 146 Å². The Bertz CT molecular complexity index is 919. The predicted octanol–water partition coefficient (Wildman–Crippen LogP) is 3.91. The number of rotatable bonds is 4. The van der Waals surface area contributed by atoms with Gasteiger partial charge in [0.15, 0.2) is 0 Å². The molecule has 0 atom stereocenters. The third kappa shape index (κ3) is 3.72. The molecule has 2 aromatic heterocycles. The lowest BCUT2D eigenvalue weighted by Gasteiger charge is -1.97. The highest BCUT2D eigenvalue weighted by molar-refractivity contribution is 9.12. The molecule has 0 aliphatic carbocycles. The summed E-state index contributed by atoms with van der Waals surface area (Å²) in [7, 11) is 0. The third-order valence-electron chi connectivity index (χ3n) is 2.99. The van der Waals surface area contributed by atoms with Crippen LogP contribution in [0.25, 0.3) is 17.6 Å². The predicted molar refractivity (Wildman–Crippen MR) is 97.0 cm³/mol. The molecule has 0 amide bonds. The molecule has 2 heterocycles. The maximum Gasteiger partial charge on any atom is 0.216 e. The van der Waals surface area contributed by atoms with E-state index in [0.717, 1.165) is 15.7 Å². The van der Waals surface area contributed by atoms with Crippen molar-refractivity contribution in [2.75, 3.05) is 0 Å². The van der Waals surface area contributed by atoms with Gasteiger partial charge in [-0.1, -0.05) is 30.3 Å². The van der Waals surface area contributed by atoms with Gasteiger partial charge in [0.05, 0.1) is 6.21 Å². The fraction of sp³-hybridized carbons (Fsp3) is 0.0667. The van der Waals surface area contributed by atoms with Crippen LogP contribution in [0.3, 0.4) is 0 Å². The van der Waals surface area contributed by atoms with Crippen LogP contribution in [0.2, 0.25) is 0 Å². The topological polar surface area (TPSA) is 74.7 Å². The van der Waals surface area contributed by atoms with Gasteiger partial charge in [-0.25, -0.2) is 5.10 Å². The van der Waals surface area contributed by atoms with Gasteiger partial charge in [-0.3, -0.25) is 5.10 Å². The van der Waals surface area contributed by atoms with Crippen LogP contribution in [-0.2, 0) is 0 Å². The summed E-state index contributed by atoms with van der Waals surface area (Å²) in [6.45, 7) is 1.92. The highest BCUT2D eigenvalue weighted by Gasteiger charge is 2.10. The maximum atomic E-state index is 5.22. The molecule has 0 fully saturated rings. The third-order valence-corrected chi connectivity index (χ3v) is 3.68. The molecule has 0 saturated heterocycles. The lowest BCUT2D eigenvalue weighted by Crippen LogP contribution is -1.94. The molecule has 8 heteroatoms. The highest BCUT2D eigenvalue weighted by atomic mass is 79.9. The van der Waals surface area contributed by atoms with Crippen molar-refractivity contribution in [1.29, 1.82) is 0 Å². The molecule has 0 aliphatic heterocycles. The molecule has 6 nitrogen and oxygen atoms in total. The van der Waals surface area contributed by atoms with Crippen molar-refractivity contribution in [3.63, 3.8) is 0 Å². The number of halogens is 1. The first kappa shape index (κ1) is 15.6. The summed E-state index contributed by atoms with van der Waals surface area (Å²) in [5.74, 6) is 0.551. The van der Waals surface area contributed by atoms with Crippen LogP contribution in [-0.4, -0.2) is 31.3 Å². The number of nitrogens with zero attached hydrogens (tertiary/aromatic N) is 4. The minimum atomic E-state index is 0.400. The van der Waals surface area contributed by atoms with Crippen molar-refractivity contribution in [3.8, 4) is 11.5 Å². The summed E-state index contributed by atoms with van der Waals surface area (Å²) in [5.41, 5.74) is 2.69. The molecule has 2 N–H and O–H groups in total. The van der Waals surface area contributed by atoms with Crippen LogP contribution in [0.15, 0.2) is 46.0 Å². The second-order valence-electron chi connectivity index (χ2n) is 4.78. The highest BCUT2D eigenvalue weighted by Crippen LogP contribution is 2.16. The number of hydrogen-bond acceptors (Lipinski definition) is 4. The molecule has 23 heavy (non-hydrogen) atoms. The van der Waals surface area contributed by atoms with Gasteiger partial charge in [-0.2, -0.15) is 20.0 Å². The van der Waals surface area contributed by atoms with Crippen LogP contribution in [0, 0.1) is 11.7 Å². The molecule has 1 aromatic carbocycles. The molecule has 0 bridgehead atoms. The Kier molecular flexibility index (Phi) is 4.63. The normalized spacial score (nSPS) is 12.2. The molecule has 0 aliphatic rings. The number of nitrogens with one attached hydrogen (secondary N) is 2. The summed E-state index contributed by atoms with van der Waals surface area (Å²) >= 11 is 8.70. The van der Waals surface area contributed by atoms with E-state index < -0.39 is 0 Å². The van der Waals surface area contributed by atoms with Gasteiger partial charge in [0, 0.05) is 10.2 Å². The van der Waals surface area contributed by atoms with E-state index in [-0.39, 0.29) is 0 Å². The average Bonchev–Trinajstić information content (AvgIpc) is 3.12. The fourth-order valence-corrected chi connectivity index (χ4v) is 2.49. The number of H-pyrrole nitrogens is 2. The van der Waals surface area contributed by atoms with Crippen LogP contribution >= 0.6 is 28.1 Å². The molecule has 116 valence electrons. The number of hydrogen-bond donors (Lipinski definition) is 2. The van der Waals surface area contributed by atoms with Gasteiger partial charge in [0.25, 0.3) is 0 Å². The molecule has 3 rings (SSSR count). The molecular weight excluding hydrogens is 376 g/mol. The first-order valence-corrected chi connectivity index (χ1v) is 8.00. The molecule has 0 saturated carbocycles. The quantitative estimate of drug-likeness (QED) is 0.525. The van der Waals surface area contributed by atoms with Gasteiger partial charge in [0.2, 0.25) is 10.6 Å². The summed E-state index contributed by atoms with van der Waals surface area (Å²) in [4.78, 5) is 0. The number of aromatic nitrogens is 5. The molecule has 0 unspecified atom stereocenters. The molecule has 0 radical (unpaired) electrons. The minimum Gasteiger partial charge on any atom is -0.282 e. The zero-order valence-electron chi connectivity index (χ0n) is 12.2. The molecular formula is C15H13BrN6S. The van der Waals surface area contributed by atoms with E-state index in [4.69, 9.17) is 12.2 Å². The van der Waals surface area contributed by atoms with Crippen LogP contribution in [0.4, 0.5) is 0 Å². The van der Waals surface area contributed by atoms with E-state index in [1.807, 2.05) is 49.4 Å². The monoisotopic (exact) mass is 388 g/mol. The zero-order chi connectivity index (χ0) is 16.2. The van der Waals surface area contributed by atoms with Crippen molar-refractivity contribution < 1.29 is 0 Å². The Balaban J connectivity index is 1.90. The zero-order valence-corrected chi connectivity index (χ0v) is 14.6. The van der Waals surface area contributed by atoms with E-state index in [9.17, 15) is 0 Å². The van der Waals surface area contributed by atoms with E-state index in [0.29, 0.717) is 16.3 Å². The van der Waals surface area contributed by atoms with E-state index in [1.165, 1.54) is 4.68 Å². The number of aromatic amines is 2. The first-order chi connectivity index (χ1) is 11.1. The van der Waals surface area contributed by atoms with Crippen LogP contribution in [0.5, 0.6) is 0 Å². The van der Waals surface area contributed by atoms with Gasteiger partial charge in [0.1, 0.15) is 5.69 Å². The average molecular weight is 389 g/mol. The van der Waals surface area contributed by atoms with Gasteiger partial charge in [-0.15, -0.1) is 0 Å². The van der Waals surface area contributed by atoms with Gasteiger partial charge in [-0.05, 0) is 52.8 Å². The minimum absolute atomic E-state index is 0.400.